The van der Waals surface area contributed by atoms with Gasteiger partial charge in [-0.2, -0.15) is 0 Å². The molecule has 1 fully saturated rings. The van der Waals surface area contributed by atoms with Crippen LogP contribution in [0.5, 0.6) is 0 Å². The monoisotopic (exact) mass is 424 g/mol. The Morgan fingerprint density at radius 2 is 2.00 bits per heavy atom. The highest BCUT2D eigenvalue weighted by Gasteiger charge is 2.31. The van der Waals surface area contributed by atoms with E-state index in [1.807, 2.05) is 17.4 Å². The summed E-state index contributed by atoms with van der Waals surface area (Å²) in [6.45, 7) is 5.41. The summed E-state index contributed by atoms with van der Waals surface area (Å²) in [4.78, 5) is 14.4. The van der Waals surface area contributed by atoms with Crippen molar-refractivity contribution >= 4 is 27.4 Å². The van der Waals surface area contributed by atoms with Crippen LogP contribution in [0, 0.1) is 5.82 Å². The Bertz CT molecular complexity index is 1040. The lowest BCUT2D eigenvalue weighted by molar-refractivity contribution is 0.183. The molecule has 0 amide bonds. The van der Waals surface area contributed by atoms with E-state index in [1.165, 1.54) is 41.2 Å². The molecule has 2 aromatic heterocycles. The molecule has 5 rings (SSSR count). The van der Waals surface area contributed by atoms with Gasteiger partial charge in [-0.05, 0) is 75.1 Å². The quantitative estimate of drug-likeness (QED) is 0.610. The van der Waals surface area contributed by atoms with Crippen LogP contribution in [-0.4, -0.2) is 40.0 Å². The molecule has 3 aromatic rings. The van der Waals surface area contributed by atoms with E-state index in [0.29, 0.717) is 0 Å². The average molecular weight is 425 g/mol. The van der Waals surface area contributed by atoms with Gasteiger partial charge in [0.25, 0.3) is 0 Å². The molecule has 0 spiro atoms. The van der Waals surface area contributed by atoms with E-state index in [0.717, 1.165) is 61.5 Å². The number of nitrogens with one attached hydrogen (secondary N) is 1. The van der Waals surface area contributed by atoms with Gasteiger partial charge in [-0.3, -0.25) is 0 Å². The van der Waals surface area contributed by atoms with Gasteiger partial charge in [0.05, 0.1) is 5.39 Å². The zero-order chi connectivity index (χ0) is 20.6. The van der Waals surface area contributed by atoms with Gasteiger partial charge in [0.15, 0.2) is 0 Å². The first-order valence-corrected chi connectivity index (χ1v) is 11.9. The van der Waals surface area contributed by atoms with Crippen LogP contribution in [0.2, 0.25) is 0 Å². The molecule has 30 heavy (non-hydrogen) atoms. The number of hydrogen-bond acceptors (Lipinski definition) is 5. The minimum Gasteiger partial charge on any atom is -0.364 e. The second kappa shape index (κ2) is 8.23. The zero-order valence-corrected chi connectivity index (χ0v) is 18.4. The first-order chi connectivity index (χ1) is 14.6. The standard InChI is InChI=1S/C24H29FN4S/c1-24(10-13-29(14-11-24)12-9-17-5-4-6-18(25)15-17)28-22-21-19-7-2-3-8-20(19)30-23(21)27-16-26-22/h4-6,15-16H,2-3,7-14H2,1H3,(H,26,27,28). The van der Waals surface area contributed by atoms with Crippen LogP contribution in [0.4, 0.5) is 10.2 Å². The number of thiophene rings is 1. The Morgan fingerprint density at radius 3 is 2.83 bits per heavy atom. The fraction of sp³-hybridized carbons (Fsp3) is 0.500. The predicted octanol–water partition coefficient (Wildman–Crippen LogP) is 5.22. The third-order valence-corrected chi connectivity index (χ3v) is 7.94. The topological polar surface area (TPSA) is 41.1 Å². The molecule has 1 N–H and O–H groups in total. The lowest BCUT2D eigenvalue weighted by Crippen LogP contribution is -2.47. The molecule has 1 saturated heterocycles. The molecule has 1 aliphatic carbocycles. The summed E-state index contributed by atoms with van der Waals surface area (Å²) in [5.41, 5.74) is 2.60. The van der Waals surface area contributed by atoms with Gasteiger partial charge < -0.3 is 10.2 Å². The van der Waals surface area contributed by atoms with Crippen LogP contribution < -0.4 is 5.32 Å². The number of nitrogens with zero attached hydrogens (tertiary/aromatic N) is 3. The molecule has 1 aromatic carbocycles. The van der Waals surface area contributed by atoms with Crippen LogP contribution in [0.15, 0.2) is 30.6 Å². The molecule has 0 saturated carbocycles. The first kappa shape index (κ1) is 19.9. The predicted molar refractivity (Wildman–Crippen MR) is 122 cm³/mol. The second-order valence-electron chi connectivity index (χ2n) is 9.02. The number of hydrogen-bond donors (Lipinski definition) is 1. The first-order valence-electron chi connectivity index (χ1n) is 11.1. The average Bonchev–Trinajstić information content (AvgIpc) is 3.13. The Hall–Kier alpha value is -2.05. The molecule has 6 heteroatoms. The molecular formula is C24H29FN4S. The number of halogens is 1. The van der Waals surface area contributed by atoms with Crippen molar-refractivity contribution in [3.63, 3.8) is 0 Å². The minimum atomic E-state index is -0.144. The van der Waals surface area contributed by atoms with Crippen molar-refractivity contribution in [1.29, 1.82) is 0 Å². The van der Waals surface area contributed by atoms with E-state index < -0.39 is 0 Å². The number of anilines is 1. The highest BCUT2D eigenvalue weighted by atomic mass is 32.1. The normalized spacial score (nSPS) is 19.0. The highest BCUT2D eigenvalue weighted by Crippen LogP contribution is 2.39. The highest BCUT2D eigenvalue weighted by molar-refractivity contribution is 7.19. The third-order valence-electron chi connectivity index (χ3n) is 6.74. The van der Waals surface area contributed by atoms with Gasteiger partial charge in [0.2, 0.25) is 0 Å². The molecule has 3 heterocycles. The van der Waals surface area contributed by atoms with Crippen molar-refractivity contribution in [2.24, 2.45) is 0 Å². The van der Waals surface area contributed by atoms with Gasteiger partial charge in [0.1, 0.15) is 22.8 Å². The van der Waals surface area contributed by atoms with Crippen LogP contribution >= 0.6 is 11.3 Å². The van der Waals surface area contributed by atoms with E-state index in [1.54, 1.807) is 18.5 Å². The number of aryl methyl sites for hydroxylation is 2. The van der Waals surface area contributed by atoms with Crippen molar-refractivity contribution in [3.8, 4) is 0 Å². The Kier molecular flexibility index (Phi) is 5.46. The van der Waals surface area contributed by atoms with Gasteiger partial charge in [0, 0.05) is 30.1 Å². The molecule has 2 aliphatic rings. The maximum atomic E-state index is 13.4. The van der Waals surface area contributed by atoms with Crippen LogP contribution in [0.1, 0.15) is 48.6 Å². The van der Waals surface area contributed by atoms with E-state index in [4.69, 9.17) is 0 Å². The fourth-order valence-electron chi connectivity index (χ4n) is 4.85. The van der Waals surface area contributed by atoms with Crippen molar-refractivity contribution in [3.05, 3.63) is 52.4 Å². The largest absolute Gasteiger partial charge is 0.364 e. The number of rotatable bonds is 5. The van der Waals surface area contributed by atoms with Gasteiger partial charge in [-0.15, -0.1) is 11.3 Å². The summed E-state index contributed by atoms with van der Waals surface area (Å²) in [6.07, 6.45) is 9.67. The van der Waals surface area contributed by atoms with Crippen molar-refractivity contribution in [2.45, 2.75) is 57.4 Å². The fourth-order valence-corrected chi connectivity index (χ4v) is 6.07. The smallest absolute Gasteiger partial charge is 0.138 e. The molecule has 0 radical (unpaired) electrons. The Labute approximate surface area is 181 Å². The van der Waals surface area contributed by atoms with Crippen LogP contribution in [0.3, 0.4) is 0 Å². The molecule has 0 atom stereocenters. The van der Waals surface area contributed by atoms with Crippen molar-refractivity contribution < 1.29 is 4.39 Å². The number of benzene rings is 1. The Morgan fingerprint density at radius 1 is 1.17 bits per heavy atom. The Balaban J connectivity index is 1.25. The maximum Gasteiger partial charge on any atom is 0.138 e. The molecule has 0 bridgehead atoms. The summed E-state index contributed by atoms with van der Waals surface area (Å²) in [5.74, 6) is 0.879. The van der Waals surface area contributed by atoms with E-state index in [2.05, 4.69) is 27.1 Å². The number of fused-ring (bicyclic) bond motifs is 3. The summed E-state index contributed by atoms with van der Waals surface area (Å²) in [7, 11) is 0. The molecule has 4 nitrogen and oxygen atoms in total. The molecule has 0 unspecified atom stereocenters. The molecule has 158 valence electrons. The minimum absolute atomic E-state index is 0.0418. The summed E-state index contributed by atoms with van der Waals surface area (Å²) >= 11 is 1.85. The van der Waals surface area contributed by atoms with E-state index in [9.17, 15) is 4.39 Å². The lowest BCUT2D eigenvalue weighted by atomic mass is 9.89. The molecular weight excluding hydrogens is 395 g/mol. The summed E-state index contributed by atoms with van der Waals surface area (Å²) in [6, 6.07) is 6.97. The van der Waals surface area contributed by atoms with E-state index >= 15 is 0 Å². The maximum absolute atomic E-state index is 13.4. The number of likely N-dealkylation sites (tertiary alicyclic amines) is 1. The molecule has 1 aliphatic heterocycles. The van der Waals surface area contributed by atoms with Gasteiger partial charge in [-0.25, -0.2) is 14.4 Å². The van der Waals surface area contributed by atoms with Crippen LogP contribution in [-0.2, 0) is 19.3 Å². The summed E-state index contributed by atoms with van der Waals surface area (Å²) in [5, 5.41) is 5.09. The van der Waals surface area contributed by atoms with Crippen molar-refractivity contribution in [1.82, 2.24) is 14.9 Å². The SMILES string of the molecule is CC1(Nc2ncnc3sc4c(c23)CCCC4)CCN(CCc2cccc(F)c2)CC1. The zero-order valence-electron chi connectivity index (χ0n) is 17.6. The van der Waals surface area contributed by atoms with E-state index in [-0.39, 0.29) is 11.4 Å². The van der Waals surface area contributed by atoms with Crippen molar-refractivity contribution in [2.75, 3.05) is 25.0 Å². The number of aromatic nitrogens is 2. The summed E-state index contributed by atoms with van der Waals surface area (Å²) < 4.78 is 13.4. The second-order valence-corrected chi connectivity index (χ2v) is 10.1. The third kappa shape index (κ3) is 4.08. The number of piperidine rings is 1. The van der Waals surface area contributed by atoms with Crippen LogP contribution in [0.25, 0.3) is 10.2 Å². The van der Waals surface area contributed by atoms with Gasteiger partial charge >= 0.3 is 0 Å². The lowest BCUT2D eigenvalue weighted by Gasteiger charge is -2.40. The van der Waals surface area contributed by atoms with Gasteiger partial charge in [-0.1, -0.05) is 12.1 Å².